The quantitative estimate of drug-likeness (QED) is 0.881. The van der Waals surface area contributed by atoms with Crippen LogP contribution in [0.3, 0.4) is 0 Å². The van der Waals surface area contributed by atoms with Crippen LogP contribution in [0, 0.1) is 0 Å². The minimum atomic E-state index is -4.77. The van der Waals surface area contributed by atoms with E-state index in [-0.39, 0.29) is 5.75 Å². The van der Waals surface area contributed by atoms with Gasteiger partial charge in [0, 0.05) is 0 Å². The predicted octanol–water partition coefficient (Wildman–Crippen LogP) is 2.40. The fraction of sp³-hybridized carbons (Fsp3) is 0.200. The van der Waals surface area contributed by atoms with Crippen molar-refractivity contribution in [2.24, 2.45) is 0 Å². The largest absolute Gasteiger partial charge is 0.573 e. The molecule has 1 aliphatic rings. The first kappa shape index (κ1) is 15.7. The second-order valence-corrected chi connectivity index (χ2v) is 4.98. The molecule has 4 nitrogen and oxygen atoms in total. The van der Waals surface area contributed by atoms with Crippen molar-refractivity contribution in [3.63, 3.8) is 0 Å². The average molecular weight is 324 g/mol. The zero-order valence-corrected chi connectivity index (χ0v) is 12.0. The molecule has 0 aliphatic carbocycles. The third kappa shape index (κ3) is 3.28. The Morgan fingerprint density at radius 2 is 1.91 bits per heavy atom. The van der Waals surface area contributed by atoms with Crippen LogP contribution in [0.15, 0.2) is 42.5 Å². The molecule has 1 atom stereocenters. The van der Waals surface area contributed by atoms with E-state index in [1.54, 1.807) is 24.3 Å². The first-order chi connectivity index (χ1) is 10.9. The van der Waals surface area contributed by atoms with Gasteiger partial charge in [-0.15, -0.1) is 13.2 Å². The molecule has 0 amide bonds. The highest BCUT2D eigenvalue weighted by Crippen LogP contribution is 2.34. The maximum absolute atomic E-state index is 12.3. The lowest BCUT2D eigenvalue weighted by Crippen LogP contribution is -2.27. The number of rotatable bonds is 3. The number of hydrogen-bond acceptors (Lipinski definition) is 4. The Balaban J connectivity index is 1.96. The molecule has 1 N–H and O–H groups in total. The Labute approximate surface area is 130 Å². The monoisotopic (exact) mass is 324 g/mol. The van der Waals surface area contributed by atoms with Crippen molar-refractivity contribution < 1.29 is 32.3 Å². The maximum atomic E-state index is 12.3. The fourth-order valence-corrected chi connectivity index (χ4v) is 2.54. The van der Waals surface area contributed by atoms with Crippen LogP contribution in [0.5, 0.6) is 11.5 Å². The number of benzene rings is 2. The van der Waals surface area contributed by atoms with Gasteiger partial charge < -0.3 is 19.2 Å². The molecule has 8 heteroatoms. The fourth-order valence-electron chi connectivity index (χ4n) is 2.54. The summed E-state index contributed by atoms with van der Waals surface area (Å²) in [7, 11) is 0.355. The van der Waals surface area contributed by atoms with Gasteiger partial charge >= 0.3 is 13.5 Å². The molecule has 1 heterocycles. The molecule has 0 radical (unpaired) electrons. The second kappa shape index (κ2) is 5.79. The third-order valence-corrected chi connectivity index (χ3v) is 3.50. The van der Waals surface area contributed by atoms with Crippen LogP contribution in [-0.4, -0.2) is 25.6 Å². The van der Waals surface area contributed by atoms with Gasteiger partial charge in [-0.25, -0.2) is 0 Å². The lowest BCUT2D eigenvalue weighted by molar-refractivity contribution is -0.274. The Morgan fingerprint density at radius 1 is 1.13 bits per heavy atom. The van der Waals surface area contributed by atoms with Crippen molar-refractivity contribution in [1.29, 1.82) is 0 Å². The van der Waals surface area contributed by atoms with Crippen LogP contribution >= 0.6 is 0 Å². The molecule has 1 aliphatic heterocycles. The van der Waals surface area contributed by atoms with Crippen LogP contribution in [0.4, 0.5) is 13.2 Å². The predicted molar refractivity (Wildman–Crippen MR) is 76.7 cm³/mol. The molecule has 0 aromatic heterocycles. The van der Waals surface area contributed by atoms with E-state index in [1.807, 2.05) is 0 Å². The lowest BCUT2D eigenvalue weighted by Gasteiger charge is -2.15. The molecule has 0 saturated carbocycles. The third-order valence-electron chi connectivity index (χ3n) is 3.50. The normalized spacial score (nSPS) is 17.1. The first-order valence-corrected chi connectivity index (χ1v) is 6.74. The summed E-state index contributed by atoms with van der Waals surface area (Å²) in [6, 6.07) is 10.5. The molecular formula is C15H12BF3O4. The van der Waals surface area contributed by atoms with Crippen LogP contribution in [0.1, 0.15) is 17.2 Å². The van der Waals surface area contributed by atoms with E-state index in [0.717, 1.165) is 0 Å². The Bertz CT molecular complexity index is 720. The molecule has 2 aromatic carbocycles. The minimum Gasteiger partial charge on any atom is -0.497 e. The van der Waals surface area contributed by atoms with Crippen molar-refractivity contribution in [3.8, 4) is 11.5 Å². The van der Waals surface area contributed by atoms with Crippen molar-refractivity contribution in [3.05, 3.63) is 53.6 Å². The topological polar surface area (TPSA) is 47.9 Å². The molecule has 3 rings (SSSR count). The van der Waals surface area contributed by atoms with Gasteiger partial charge in [-0.2, -0.15) is 0 Å². The van der Waals surface area contributed by atoms with Crippen molar-refractivity contribution in [1.82, 2.24) is 0 Å². The van der Waals surface area contributed by atoms with E-state index in [1.165, 1.54) is 25.3 Å². The molecular weight excluding hydrogens is 312 g/mol. The maximum Gasteiger partial charge on any atom is 0.573 e. The summed E-state index contributed by atoms with van der Waals surface area (Å²) in [6.07, 6.45) is -5.47. The number of alkyl halides is 3. The molecule has 0 saturated heterocycles. The van der Waals surface area contributed by atoms with Gasteiger partial charge in [-0.05, 0) is 40.9 Å². The zero-order valence-electron chi connectivity index (χ0n) is 12.0. The van der Waals surface area contributed by atoms with Crippen LogP contribution < -0.4 is 14.9 Å². The van der Waals surface area contributed by atoms with E-state index in [4.69, 9.17) is 9.39 Å². The molecule has 23 heavy (non-hydrogen) atoms. The summed E-state index contributed by atoms with van der Waals surface area (Å²) in [5.41, 5.74) is 1.64. The first-order valence-electron chi connectivity index (χ1n) is 6.74. The number of ether oxygens (including phenoxy) is 2. The van der Waals surface area contributed by atoms with Crippen molar-refractivity contribution in [2.45, 2.75) is 12.5 Å². The molecule has 0 bridgehead atoms. The highest BCUT2D eigenvalue weighted by molar-refractivity contribution is 6.61. The van der Waals surface area contributed by atoms with E-state index >= 15 is 0 Å². The summed E-state index contributed by atoms with van der Waals surface area (Å²) in [5.74, 6) is 0.221. The molecule has 120 valence electrons. The number of methoxy groups -OCH3 is 1. The molecule has 2 aromatic rings. The van der Waals surface area contributed by atoms with E-state index in [9.17, 15) is 18.2 Å². The van der Waals surface area contributed by atoms with Gasteiger partial charge in [0.15, 0.2) is 0 Å². The Kier molecular flexibility index (Phi) is 3.95. The zero-order chi connectivity index (χ0) is 16.6. The van der Waals surface area contributed by atoms with Crippen LogP contribution in [0.2, 0.25) is 0 Å². The summed E-state index contributed by atoms with van der Waals surface area (Å²) in [6.45, 7) is 0. The van der Waals surface area contributed by atoms with Crippen molar-refractivity contribution >= 4 is 12.6 Å². The van der Waals surface area contributed by atoms with Gasteiger partial charge in [0.1, 0.15) is 11.5 Å². The SMILES string of the molecule is COc1ccc2c(c1)C(c1cccc(OC(F)(F)F)c1)OB2O. The average Bonchev–Trinajstić information content (AvgIpc) is 2.82. The number of hydrogen-bond donors (Lipinski definition) is 1. The lowest BCUT2D eigenvalue weighted by atomic mass is 9.79. The van der Waals surface area contributed by atoms with Gasteiger partial charge in [0.05, 0.1) is 13.2 Å². The number of halogens is 3. The highest BCUT2D eigenvalue weighted by Gasteiger charge is 2.37. The number of fused-ring (bicyclic) bond motifs is 1. The standard InChI is InChI=1S/C15H12BF3O4/c1-21-10-5-6-13-12(8-10)14(23-16(13)20)9-3-2-4-11(7-9)22-15(17,18)19/h2-8,14,20H,1H3. The van der Waals surface area contributed by atoms with Gasteiger partial charge in [0.2, 0.25) is 0 Å². The molecule has 0 fully saturated rings. The minimum absolute atomic E-state index is 0.343. The summed E-state index contributed by atoms with van der Waals surface area (Å²) >= 11 is 0. The van der Waals surface area contributed by atoms with Gasteiger partial charge in [0.25, 0.3) is 0 Å². The van der Waals surface area contributed by atoms with Crippen molar-refractivity contribution in [2.75, 3.05) is 7.11 Å². The summed E-state index contributed by atoms with van der Waals surface area (Å²) in [5, 5.41) is 9.96. The molecule has 1 unspecified atom stereocenters. The van der Waals surface area contributed by atoms with Gasteiger partial charge in [-0.3, -0.25) is 0 Å². The smallest absolute Gasteiger partial charge is 0.497 e. The Hall–Kier alpha value is -2.19. The summed E-state index contributed by atoms with van der Waals surface area (Å²) in [4.78, 5) is 0. The van der Waals surface area contributed by atoms with Crippen LogP contribution in [0.25, 0.3) is 0 Å². The molecule has 0 spiro atoms. The highest BCUT2D eigenvalue weighted by atomic mass is 19.4. The second-order valence-electron chi connectivity index (χ2n) is 4.98. The van der Waals surface area contributed by atoms with E-state index < -0.39 is 19.6 Å². The van der Waals surface area contributed by atoms with Gasteiger partial charge in [-0.1, -0.05) is 18.2 Å². The Morgan fingerprint density at radius 3 is 2.61 bits per heavy atom. The van der Waals surface area contributed by atoms with Crippen LogP contribution in [-0.2, 0) is 4.65 Å². The summed E-state index contributed by atoms with van der Waals surface area (Å²) < 4.78 is 51.5. The van der Waals surface area contributed by atoms with E-state index in [2.05, 4.69) is 4.74 Å². The van der Waals surface area contributed by atoms with E-state index in [0.29, 0.717) is 22.3 Å².